The molecule has 0 spiro atoms. The molecular weight excluding hydrogens is 260 g/mol. The first-order valence-electron chi connectivity index (χ1n) is 6.91. The molecule has 0 bridgehead atoms. The van der Waals surface area contributed by atoms with Gasteiger partial charge in [0.15, 0.2) is 0 Å². The third-order valence-corrected chi connectivity index (χ3v) is 3.61. The molecule has 1 unspecified atom stereocenters. The smallest absolute Gasteiger partial charge is 0.257 e. The molecule has 0 aliphatic carbocycles. The lowest BCUT2D eigenvalue weighted by Gasteiger charge is -2.34. The number of carbonyl (C=O) groups is 1. The van der Waals surface area contributed by atoms with Crippen molar-refractivity contribution in [2.45, 2.75) is 25.9 Å². The number of nitrogens with two attached hydrogens (primary N) is 1. The summed E-state index contributed by atoms with van der Waals surface area (Å²) in [5.74, 6) is -0.0937. The van der Waals surface area contributed by atoms with Crippen molar-refractivity contribution in [3.63, 3.8) is 0 Å². The molecular formula is C13H22N4O3. The van der Waals surface area contributed by atoms with E-state index in [0.717, 1.165) is 12.1 Å². The lowest BCUT2D eigenvalue weighted by atomic mass is 10.1. The molecule has 0 saturated carbocycles. The fourth-order valence-corrected chi connectivity index (χ4v) is 2.35. The van der Waals surface area contributed by atoms with Gasteiger partial charge in [-0.05, 0) is 19.9 Å². The lowest BCUT2D eigenvalue weighted by Crippen LogP contribution is -2.50. The number of aryl methyl sites for hydroxylation is 1. The van der Waals surface area contributed by atoms with Crippen molar-refractivity contribution in [2.75, 3.05) is 32.9 Å². The van der Waals surface area contributed by atoms with Gasteiger partial charge in [0.1, 0.15) is 0 Å². The predicted octanol–water partition coefficient (Wildman–Crippen LogP) is -0.626. The average molecular weight is 282 g/mol. The fourth-order valence-electron chi connectivity index (χ4n) is 2.35. The van der Waals surface area contributed by atoms with Crippen LogP contribution in [0.1, 0.15) is 22.5 Å². The van der Waals surface area contributed by atoms with Gasteiger partial charge < -0.3 is 20.5 Å². The van der Waals surface area contributed by atoms with Gasteiger partial charge in [0, 0.05) is 18.8 Å². The van der Waals surface area contributed by atoms with Crippen LogP contribution in [0.5, 0.6) is 0 Å². The highest BCUT2D eigenvalue weighted by Crippen LogP contribution is 2.15. The van der Waals surface area contributed by atoms with Gasteiger partial charge in [0.2, 0.25) is 0 Å². The first-order chi connectivity index (χ1) is 9.69. The van der Waals surface area contributed by atoms with E-state index in [0.29, 0.717) is 38.4 Å². The minimum absolute atomic E-state index is 0.0912. The maximum Gasteiger partial charge on any atom is 0.257 e. The van der Waals surface area contributed by atoms with E-state index in [1.54, 1.807) is 15.8 Å². The number of carbonyl (C=O) groups excluding carboxylic acids is 1. The number of rotatable bonds is 5. The van der Waals surface area contributed by atoms with Gasteiger partial charge in [0.05, 0.1) is 37.6 Å². The zero-order chi connectivity index (χ0) is 14.5. The summed E-state index contributed by atoms with van der Waals surface area (Å²) in [6.07, 6.45) is 2.42. The van der Waals surface area contributed by atoms with Crippen LogP contribution in [0.15, 0.2) is 6.20 Å². The quantitative estimate of drug-likeness (QED) is 0.750. The van der Waals surface area contributed by atoms with E-state index in [-0.39, 0.29) is 18.6 Å². The van der Waals surface area contributed by atoms with Crippen LogP contribution in [-0.4, -0.2) is 64.6 Å². The predicted molar refractivity (Wildman–Crippen MR) is 73.4 cm³/mol. The Morgan fingerprint density at radius 1 is 1.65 bits per heavy atom. The third kappa shape index (κ3) is 3.00. The van der Waals surface area contributed by atoms with Crippen LogP contribution in [0, 0.1) is 6.92 Å². The van der Waals surface area contributed by atoms with Gasteiger partial charge in [-0.1, -0.05) is 0 Å². The molecule has 1 aliphatic rings. The average Bonchev–Trinajstić information content (AvgIpc) is 2.85. The molecule has 7 nitrogen and oxygen atoms in total. The molecule has 1 aromatic heterocycles. The maximum atomic E-state index is 12.6. The van der Waals surface area contributed by atoms with Gasteiger partial charge in [-0.15, -0.1) is 0 Å². The van der Waals surface area contributed by atoms with Crippen LogP contribution < -0.4 is 5.73 Å². The molecule has 2 rings (SSSR count). The van der Waals surface area contributed by atoms with Gasteiger partial charge in [0.25, 0.3) is 5.91 Å². The Morgan fingerprint density at radius 2 is 2.45 bits per heavy atom. The zero-order valence-electron chi connectivity index (χ0n) is 11.8. The molecule has 20 heavy (non-hydrogen) atoms. The number of aliphatic hydroxyl groups excluding tert-OH is 1. The van der Waals surface area contributed by atoms with E-state index in [1.165, 1.54) is 0 Å². The maximum absolute atomic E-state index is 12.6. The molecule has 1 fully saturated rings. The molecule has 1 aliphatic heterocycles. The molecule has 1 aromatic rings. The summed E-state index contributed by atoms with van der Waals surface area (Å²) >= 11 is 0. The Kier molecular flexibility index (Phi) is 5.11. The normalized spacial score (nSPS) is 19.4. The first-order valence-corrected chi connectivity index (χ1v) is 6.91. The van der Waals surface area contributed by atoms with E-state index in [4.69, 9.17) is 10.5 Å². The van der Waals surface area contributed by atoms with Gasteiger partial charge in [-0.3, -0.25) is 9.48 Å². The highest BCUT2D eigenvalue weighted by Gasteiger charge is 2.29. The van der Waals surface area contributed by atoms with Gasteiger partial charge in [-0.25, -0.2) is 0 Å². The molecule has 0 aromatic carbocycles. The number of amides is 1. The summed E-state index contributed by atoms with van der Waals surface area (Å²) in [6, 6.07) is -0.275. The number of nitrogens with zero attached hydrogens (tertiary/aromatic N) is 3. The second-order valence-corrected chi connectivity index (χ2v) is 4.92. The van der Waals surface area contributed by atoms with Gasteiger partial charge >= 0.3 is 0 Å². The Bertz CT molecular complexity index is 460. The van der Waals surface area contributed by atoms with Crippen LogP contribution in [0.4, 0.5) is 0 Å². The van der Waals surface area contributed by atoms with Crippen molar-refractivity contribution in [1.82, 2.24) is 14.7 Å². The second-order valence-electron chi connectivity index (χ2n) is 4.92. The Labute approximate surface area is 118 Å². The van der Waals surface area contributed by atoms with Crippen LogP contribution in [0.3, 0.4) is 0 Å². The number of hydrogen-bond acceptors (Lipinski definition) is 5. The van der Waals surface area contributed by atoms with E-state index in [2.05, 4.69) is 5.10 Å². The van der Waals surface area contributed by atoms with Gasteiger partial charge in [-0.2, -0.15) is 5.10 Å². The zero-order valence-corrected chi connectivity index (χ0v) is 11.8. The van der Waals surface area contributed by atoms with Crippen LogP contribution >= 0.6 is 0 Å². The molecule has 1 atom stereocenters. The molecule has 2 heterocycles. The van der Waals surface area contributed by atoms with E-state index >= 15 is 0 Å². The van der Waals surface area contributed by atoms with Crippen molar-refractivity contribution in [3.05, 3.63) is 17.5 Å². The van der Waals surface area contributed by atoms with Crippen molar-refractivity contribution in [2.24, 2.45) is 5.73 Å². The van der Waals surface area contributed by atoms with Crippen molar-refractivity contribution in [3.8, 4) is 0 Å². The molecule has 112 valence electrons. The summed E-state index contributed by atoms with van der Waals surface area (Å²) in [4.78, 5) is 14.2. The van der Waals surface area contributed by atoms with Crippen LogP contribution in [-0.2, 0) is 11.3 Å². The number of aliphatic hydroxyl groups is 1. The summed E-state index contributed by atoms with van der Waals surface area (Å²) in [5, 5.41) is 13.6. The minimum Gasteiger partial charge on any atom is -0.394 e. The first kappa shape index (κ1) is 15.0. The summed E-state index contributed by atoms with van der Waals surface area (Å²) in [5.41, 5.74) is 6.91. The second kappa shape index (κ2) is 6.83. The number of ether oxygens (including phenoxy) is 1. The molecule has 0 radical (unpaired) electrons. The Hall–Kier alpha value is -1.44. The monoisotopic (exact) mass is 282 g/mol. The van der Waals surface area contributed by atoms with E-state index in [9.17, 15) is 9.90 Å². The molecule has 1 saturated heterocycles. The number of aromatic nitrogens is 2. The Morgan fingerprint density at radius 3 is 3.15 bits per heavy atom. The SMILES string of the molecule is Cc1c(C(=O)N2CCOCC2CO)cnn1CCCN. The highest BCUT2D eigenvalue weighted by atomic mass is 16.5. The molecule has 7 heteroatoms. The minimum atomic E-state index is -0.275. The summed E-state index contributed by atoms with van der Waals surface area (Å²) in [7, 11) is 0. The lowest BCUT2D eigenvalue weighted by molar-refractivity contribution is -0.0184. The molecule has 3 N–H and O–H groups in total. The van der Waals surface area contributed by atoms with Crippen LogP contribution in [0.25, 0.3) is 0 Å². The van der Waals surface area contributed by atoms with E-state index in [1.807, 2.05) is 6.92 Å². The van der Waals surface area contributed by atoms with Crippen molar-refractivity contribution < 1.29 is 14.6 Å². The highest BCUT2D eigenvalue weighted by molar-refractivity contribution is 5.95. The van der Waals surface area contributed by atoms with Crippen molar-refractivity contribution in [1.29, 1.82) is 0 Å². The standard InChI is InChI=1S/C13H22N4O3/c1-10-12(7-15-17(10)4-2-3-14)13(19)16-5-6-20-9-11(16)8-18/h7,11,18H,2-6,8-9,14H2,1H3. The largest absolute Gasteiger partial charge is 0.394 e. The Balaban J connectivity index is 2.13. The third-order valence-electron chi connectivity index (χ3n) is 3.61. The summed E-state index contributed by atoms with van der Waals surface area (Å²) in [6.45, 7) is 4.47. The van der Waals surface area contributed by atoms with Crippen molar-refractivity contribution >= 4 is 5.91 Å². The fraction of sp³-hybridized carbons (Fsp3) is 0.692. The molecule has 1 amide bonds. The van der Waals surface area contributed by atoms with E-state index < -0.39 is 0 Å². The number of morpholine rings is 1. The topological polar surface area (TPSA) is 93.6 Å². The number of hydrogen-bond donors (Lipinski definition) is 2. The van der Waals surface area contributed by atoms with Crippen LogP contribution in [0.2, 0.25) is 0 Å². The summed E-state index contributed by atoms with van der Waals surface area (Å²) < 4.78 is 7.09.